The molecule has 1 rings (SSSR count). The number of nitrogens with two attached hydrogens (primary N) is 1. The minimum Gasteiger partial charge on any atom is -0.496 e. The van der Waals surface area contributed by atoms with Crippen molar-refractivity contribution in [2.75, 3.05) is 20.7 Å². The van der Waals surface area contributed by atoms with Crippen LogP contribution in [0, 0.1) is 0 Å². The summed E-state index contributed by atoms with van der Waals surface area (Å²) in [5, 5.41) is 0. The van der Waals surface area contributed by atoms with E-state index in [1.165, 1.54) is 11.1 Å². The number of methoxy groups -OCH3 is 1. The molecule has 0 unspecified atom stereocenters. The summed E-state index contributed by atoms with van der Waals surface area (Å²) in [6.45, 7) is 4.89. The SMILES string of the molecule is COc1ccc(CCN(C)C(=O)NN)cc1C(C)C. The zero-order valence-corrected chi connectivity index (χ0v) is 12.1. The zero-order chi connectivity index (χ0) is 14.4. The van der Waals surface area contributed by atoms with Gasteiger partial charge in [-0.2, -0.15) is 0 Å². The second kappa shape index (κ2) is 6.99. The Morgan fingerprint density at radius 3 is 2.68 bits per heavy atom. The van der Waals surface area contributed by atoms with Crippen LogP contribution in [-0.2, 0) is 6.42 Å². The lowest BCUT2D eigenvalue weighted by molar-refractivity contribution is 0.209. The van der Waals surface area contributed by atoms with Gasteiger partial charge >= 0.3 is 6.03 Å². The monoisotopic (exact) mass is 265 g/mol. The number of benzene rings is 1. The van der Waals surface area contributed by atoms with Crippen molar-refractivity contribution in [2.45, 2.75) is 26.2 Å². The van der Waals surface area contributed by atoms with Crippen molar-refractivity contribution in [2.24, 2.45) is 5.84 Å². The lowest BCUT2D eigenvalue weighted by atomic mass is 9.98. The maximum atomic E-state index is 11.3. The summed E-state index contributed by atoms with van der Waals surface area (Å²) in [7, 11) is 3.40. The fourth-order valence-electron chi connectivity index (χ4n) is 1.90. The van der Waals surface area contributed by atoms with Crippen LogP contribution in [0.3, 0.4) is 0 Å². The standard InChI is InChI=1S/C14H23N3O2/c1-10(2)12-9-11(5-6-13(12)19-4)7-8-17(3)14(18)16-15/h5-6,9-10H,7-8,15H2,1-4H3,(H,16,18). The molecule has 1 aromatic rings. The van der Waals surface area contributed by atoms with Gasteiger partial charge in [0.2, 0.25) is 0 Å². The molecule has 0 heterocycles. The van der Waals surface area contributed by atoms with Crippen LogP contribution in [0.5, 0.6) is 5.75 Å². The number of nitrogens with one attached hydrogen (secondary N) is 1. The normalized spacial score (nSPS) is 10.4. The number of carbonyl (C=O) groups is 1. The van der Waals surface area contributed by atoms with E-state index in [9.17, 15) is 4.79 Å². The second-order valence-corrected chi connectivity index (χ2v) is 4.85. The first kappa shape index (κ1) is 15.3. The number of ether oxygens (including phenoxy) is 1. The minimum atomic E-state index is -0.280. The summed E-state index contributed by atoms with van der Waals surface area (Å²) >= 11 is 0. The van der Waals surface area contributed by atoms with Crippen LogP contribution in [0.2, 0.25) is 0 Å². The Morgan fingerprint density at radius 1 is 1.47 bits per heavy atom. The summed E-state index contributed by atoms with van der Waals surface area (Å²) in [6, 6.07) is 5.86. The van der Waals surface area contributed by atoms with Crippen LogP contribution in [0.4, 0.5) is 4.79 Å². The van der Waals surface area contributed by atoms with Crippen molar-refractivity contribution in [3.63, 3.8) is 0 Å². The van der Waals surface area contributed by atoms with E-state index in [4.69, 9.17) is 10.6 Å². The van der Waals surface area contributed by atoms with Gasteiger partial charge < -0.3 is 9.64 Å². The van der Waals surface area contributed by atoms with E-state index in [1.807, 2.05) is 12.1 Å². The molecule has 0 fully saturated rings. The number of hydrogen-bond donors (Lipinski definition) is 2. The quantitative estimate of drug-likeness (QED) is 0.485. The van der Waals surface area contributed by atoms with Gasteiger partial charge in [-0.1, -0.05) is 26.0 Å². The number of amides is 2. The first-order chi connectivity index (χ1) is 8.99. The second-order valence-electron chi connectivity index (χ2n) is 4.85. The predicted octanol–water partition coefficient (Wildman–Crippen LogP) is 1.88. The van der Waals surface area contributed by atoms with Gasteiger partial charge in [0.1, 0.15) is 5.75 Å². The van der Waals surface area contributed by atoms with E-state index in [0.29, 0.717) is 12.5 Å². The molecule has 3 N–H and O–H groups in total. The molecule has 19 heavy (non-hydrogen) atoms. The summed E-state index contributed by atoms with van der Waals surface area (Å²) < 4.78 is 5.35. The van der Waals surface area contributed by atoms with Gasteiger partial charge in [0.05, 0.1) is 7.11 Å². The van der Waals surface area contributed by atoms with E-state index in [0.717, 1.165) is 12.2 Å². The molecule has 0 aliphatic rings. The van der Waals surface area contributed by atoms with Crippen LogP contribution in [0.25, 0.3) is 0 Å². The Bertz CT molecular complexity index is 433. The van der Waals surface area contributed by atoms with E-state index in [2.05, 4.69) is 25.3 Å². The summed E-state index contributed by atoms with van der Waals surface area (Å²) in [5.74, 6) is 6.40. The molecule has 0 bridgehead atoms. The highest BCUT2D eigenvalue weighted by Crippen LogP contribution is 2.27. The third-order valence-corrected chi connectivity index (χ3v) is 3.12. The molecule has 2 amide bonds. The van der Waals surface area contributed by atoms with Crippen LogP contribution in [-0.4, -0.2) is 31.6 Å². The lowest BCUT2D eigenvalue weighted by Crippen LogP contribution is -2.41. The fraction of sp³-hybridized carbons (Fsp3) is 0.500. The van der Waals surface area contributed by atoms with Gasteiger partial charge in [0, 0.05) is 13.6 Å². The number of nitrogens with zero attached hydrogens (tertiary/aromatic N) is 1. The van der Waals surface area contributed by atoms with Gasteiger partial charge in [-0.05, 0) is 29.5 Å². The molecule has 1 aromatic carbocycles. The predicted molar refractivity (Wildman–Crippen MR) is 76.1 cm³/mol. The molecule has 0 radical (unpaired) electrons. The highest BCUT2D eigenvalue weighted by Gasteiger charge is 2.10. The molecule has 0 atom stereocenters. The van der Waals surface area contributed by atoms with Crippen LogP contribution in [0.15, 0.2) is 18.2 Å². The zero-order valence-electron chi connectivity index (χ0n) is 12.1. The first-order valence-corrected chi connectivity index (χ1v) is 6.38. The average Bonchev–Trinajstić information content (AvgIpc) is 2.43. The topological polar surface area (TPSA) is 67.6 Å². The molecule has 5 nitrogen and oxygen atoms in total. The van der Waals surface area contributed by atoms with E-state index < -0.39 is 0 Å². The molecular formula is C14H23N3O2. The summed E-state index contributed by atoms with van der Waals surface area (Å²) in [6.07, 6.45) is 0.785. The number of hydrazine groups is 1. The Labute approximate surface area is 114 Å². The molecule has 5 heteroatoms. The van der Waals surface area contributed by atoms with Gasteiger partial charge in [-0.15, -0.1) is 0 Å². The molecular weight excluding hydrogens is 242 g/mol. The molecule has 0 saturated heterocycles. The molecule has 0 saturated carbocycles. The van der Waals surface area contributed by atoms with Crippen molar-refractivity contribution >= 4 is 6.03 Å². The highest BCUT2D eigenvalue weighted by molar-refractivity contribution is 5.73. The number of urea groups is 1. The fourth-order valence-corrected chi connectivity index (χ4v) is 1.90. The maximum absolute atomic E-state index is 11.3. The third kappa shape index (κ3) is 4.13. The highest BCUT2D eigenvalue weighted by atomic mass is 16.5. The average molecular weight is 265 g/mol. The molecule has 0 aliphatic heterocycles. The molecule has 106 valence electrons. The Morgan fingerprint density at radius 2 is 2.16 bits per heavy atom. The molecule has 0 aliphatic carbocycles. The lowest BCUT2D eigenvalue weighted by Gasteiger charge is -2.17. The van der Waals surface area contributed by atoms with Crippen molar-refractivity contribution < 1.29 is 9.53 Å². The number of likely N-dealkylation sites (N-methyl/N-ethyl adjacent to an activating group) is 1. The van der Waals surface area contributed by atoms with Crippen molar-refractivity contribution in [1.82, 2.24) is 10.3 Å². The molecule has 0 spiro atoms. The first-order valence-electron chi connectivity index (χ1n) is 6.38. The van der Waals surface area contributed by atoms with Gasteiger partial charge in [0.15, 0.2) is 0 Å². The van der Waals surface area contributed by atoms with E-state index in [1.54, 1.807) is 19.1 Å². The Balaban J connectivity index is 2.75. The third-order valence-electron chi connectivity index (χ3n) is 3.12. The number of rotatable bonds is 5. The van der Waals surface area contributed by atoms with Crippen molar-refractivity contribution in [3.05, 3.63) is 29.3 Å². The van der Waals surface area contributed by atoms with Crippen LogP contribution >= 0.6 is 0 Å². The summed E-state index contributed by atoms with van der Waals surface area (Å²) in [5.41, 5.74) is 4.48. The van der Waals surface area contributed by atoms with Gasteiger partial charge in [-0.25, -0.2) is 10.6 Å². The number of carbonyl (C=O) groups excluding carboxylic acids is 1. The largest absolute Gasteiger partial charge is 0.496 e. The van der Waals surface area contributed by atoms with E-state index >= 15 is 0 Å². The van der Waals surface area contributed by atoms with Crippen LogP contribution < -0.4 is 16.0 Å². The Hall–Kier alpha value is -1.75. The van der Waals surface area contributed by atoms with E-state index in [-0.39, 0.29) is 6.03 Å². The smallest absolute Gasteiger partial charge is 0.331 e. The van der Waals surface area contributed by atoms with Crippen molar-refractivity contribution in [1.29, 1.82) is 0 Å². The maximum Gasteiger partial charge on any atom is 0.331 e. The van der Waals surface area contributed by atoms with Gasteiger partial charge in [-0.3, -0.25) is 5.43 Å². The Kier molecular flexibility index (Phi) is 5.63. The van der Waals surface area contributed by atoms with Gasteiger partial charge in [0.25, 0.3) is 0 Å². The number of hydrogen-bond acceptors (Lipinski definition) is 3. The summed E-state index contributed by atoms with van der Waals surface area (Å²) in [4.78, 5) is 12.8. The van der Waals surface area contributed by atoms with Crippen LogP contribution in [0.1, 0.15) is 30.9 Å². The molecule has 0 aromatic heterocycles. The van der Waals surface area contributed by atoms with Crippen molar-refractivity contribution in [3.8, 4) is 5.75 Å². The minimum absolute atomic E-state index is 0.280.